The molecule has 1 aliphatic rings. The van der Waals surface area contributed by atoms with E-state index >= 15 is 0 Å². The molecular weight excluding hydrogens is 521 g/mol. The molecule has 1 aromatic carbocycles. The average Bonchev–Trinajstić information content (AvgIpc) is 3.08. The molecule has 0 bridgehead atoms. The fourth-order valence-electron chi connectivity index (χ4n) is 3.69. The topological polar surface area (TPSA) is 213 Å². The second kappa shape index (κ2) is 11.9. The van der Waals surface area contributed by atoms with Crippen LogP contribution in [0.15, 0.2) is 52.5 Å². The van der Waals surface area contributed by atoms with E-state index in [1.54, 1.807) is 32.0 Å². The van der Waals surface area contributed by atoms with Crippen LogP contribution < -0.4 is 21.0 Å². The number of aliphatic hydroxyl groups is 1. The first-order valence-electron chi connectivity index (χ1n) is 11.6. The molecule has 0 aliphatic carbocycles. The lowest BCUT2D eigenvalue weighted by atomic mass is 9.93. The molecule has 15 nitrogen and oxygen atoms in total. The normalized spacial score (nSPS) is 25.3. The van der Waals surface area contributed by atoms with Crippen LogP contribution in [0.25, 0.3) is 10.4 Å². The fraction of sp³-hybridized carbons (Fsp3) is 0.500. The van der Waals surface area contributed by atoms with Crippen molar-refractivity contribution in [1.29, 1.82) is 0 Å². The molecule has 2 aromatic rings. The van der Waals surface area contributed by atoms with Gasteiger partial charge in [-0.05, 0) is 51.4 Å². The van der Waals surface area contributed by atoms with Crippen LogP contribution in [0.3, 0.4) is 0 Å². The van der Waals surface area contributed by atoms with Gasteiger partial charge in [-0.15, -0.1) is 0 Å². The Labute approximate surface area is 218 Å². The molecule has 1 aromatic heterocycles. The van der Waals surface area contributed by atoms with E-state index in [2.05, 4.69) is 20.1 Å². The number of carbonyl (C=O) groups excluding carboxylic acids is 1. The Morgan fingerprint density at radius 3 is 2.66 bits per heavy atom. The third-order valence-electron chi connectivity index (χ3n) is 5.55. The molecular formula is C22H30N7O8P. The van der Waals surface area contributed by atoms with Gasteiger partial charge in [-0.3, -0.25) is 13.9 Å². The molecule has 2 heterocycles. The number of nitrogens with zero attached hydrogens (tertiary/aromatic N) is 5. The van der Waals surface area contributed by atoms with Gasteiger partial charge < -0.3 is 24.8 Å². The highest BCUT2D eigenvalue weighted by atomic mass is 31.2. The Morgan fingerprint density at radius 2 is 2.05 bits per heavy atom. The highest BCUT2D eigenvalue weighted by Crippen LogP contribution is 2.47. The molecule has 1 saturated heterocycles. The Kier molecular flexibility index (Phi) is 9.15. The number of rotatable bonds is 11. The third kappa shape index (κ3) is 6.70. The first kappa shape index (κ1) is 29.1. The van der Waals surface area contributed by atoms with Gasteiger partial charge in [-0.2, -0.15) is 10.1 Å². The number of carbonyl (C=O) groups is 1. The third-order valence-corrected chi connectivity index (χ3v) is 7.20. The number of benzene rings is 1. The summed E-state index contributed by atoms with van der Waals surface area (Å²) in [5.41, 5.74) is 12.2. The standard InChI is InChI=1S/C22H30N7O8P/c1-13(2)35-19(31)14(3)26-38(33,37-15-8-6-5-7-9-15)34-12-16-18(30)22(4,27-28-24)20(36-16)29-11-10-17(23)25-21(29)32/h5-11,13-14,16,18,20,30H,12H2,1-4H3,(H,26,33)(H2,23,25,32)/t14-,16+,18+,20+,22+,38?/m0/s1. The number of azide groups is 1. The number of hydrogen-bond acceptors (Lipinski definition) is 11. The van der Waals surface area contributed by atoms with Crippen LogP contribution in [0.2, 0.25) is 0 Å². The lowest BCUT2D eigenvalue weighted by Crippen LogP contribution is -2.45. The highest BCUT2D eigenvalue weighted by Gasteiger charge is 2.55. The summed E-state index contributed by atoms with van der Waals surface area (Å²) in [4.78, 5) is 31.2. The number of aromatic nitrogens is 2. The molecule has 38 heavy (non-hydrogen) atoms. The molecule has 206 valence electrons. The van der Waals surface area contributed by atoms with E-state index in [4.69, 9.17) is 29.8 Å². The summed E-state index contributed by atoms with van der Waals surface area (Å²) >= 11 is 0. The maximum atomic E-state index is 13.7. The minimum absolute atomic E-state index is 0.0367. The van der Waals surface area contributed by atoms with Gasteiger partial charge in [0.15, 0.2) is 6.23 Å². The van der Waals surface area contributed by atoms with Crippen LogP contribution in [0.1, 0.15) is 33.9 Å². The van der Waals surface area contributed by atoms with E-state index in [1.807, 2.05) is 0 Å². The highest BCUT2D eigenvalue weighted by molar-refractivity contribution is 7.52. The van der Waals surface area contributed by atoms with Crippen molar-refractivity contribution < 1.29 is 33.0 Å². The van der Waals surface area contributed by atoms with Crippen molar-refractivity contribution in [3.05, 3.63) is 63.5 Å². The number of para-hydroxylation sites is 1. The number of nitrogens with one attached hydrogen (secondary N) is 1. The van der Waals surface area contributed by atoms with Crippen molar-refractivity contribution in [2.75, 3.05) is 12.3 Å². The maximum absolute atomic E-state index is 13.7. The minimum atomic E-state index is -4.28. The second-order valence-electron chi connectivity index (χ2n) is 8.96. The van der Waals surface area contributed by atoms with Gasteiger partial charge in [0.25, 0.3) is 0 Å². The van der Waals surface area contributed by atoms with E-state index < -0.39 is 62.1 Å². The molecule has 1 fully saturated rings. The van der Waals surface area contributed by atoms with Crippen LogP contribution in [-0.4, -0.2) is 57.1 Å². The average molecular weight is 551 g/mol. The Balaban J connectivity index is 1.86. The van der Waals surface area contributed by atoms with E-state index in [-0.39, 0.29) is 11.6 Å². The van der Waals surface area contributed by atoms with E-state index in [9.17, 15) is 19.3 Å². The van der Waals surface area contributed by atoms with Crippen molar-refractivity contribution in [2.24, 2.45) is 5.11 Å². The molecule has 1 aliphatic heterocycles. The lowest BCUT2D eigenvalue weighted by Gasteiger charge is -2.28. The van der Waals surface area contributed by atoms with Gasteiger partial charge in [0, 0.05) is 11.1 Å². The number of esters is 1. The van der Waals surface area contributed by atoms with Crippen molar-refractivity contribution >= 4 is 19.5 Å². The van der Waals surface area contributed by atoms with Gasteiger partial charge in [-0.25, -0.2) is 9.36 Å². The van der Waals surface area contributed by atoms with Crippen LogP contribution in [0.5, 0.6) is 5.75 Å². The fourth-order valence-corrected chi connectivity index (χ4v) is 5.20. The molecule has 0 amide bonds. The molecule has 1 unspecified atom stereocenters. The van der Waals surface area contributed by atoms with Crippen molar-refractivity contribution in [1.82, 2.24) is 14.6 Å². The molecule has 0 saturated carbocycles. The molecule has 0 spiro atoms. The van der Waals surface area contributed by atoms with Gasteiger partial charge in [0.2, 0.25) is 0 Å². The number of hydrogen-bond donors (Lipinski definition) is 3. The molecule has 4 N–H and O–H groups in total. The minimum Gasteiger partial charge on any atom is -0.462 e. The van der Waals surface area contributed by atoms with Crippen molar-refractivity contribution in [2.45, 2.75) is 63.8 Å². The number of anilines is 1. The van der Waals surface area contributed by atoms with E-state index in [1.165, 1.54) is 38.2 Å². The number of aliphatic hydroxyl groups excluding tert-OH is 1. The summed E-state index contributed by atoms with van der Waals surface area (Å²) in [6, 6.07) is 8.32. The Bertz CT molecular complexity index is 1290. The van der Waals surface area contributed by atoms with E-state index in [0.717, 1.165) is 4.57 Å². The predicted molar refractivity (Wildman–Crippen MR) is 135 cm³/mol. The predicted octanol–water partition coefficient (Wildman–Crippen LogP) is 2.29. The van der Waals surface area contributed by atoms with Gasteiger partial charge in [0.1, 0.15) is 29.3 Å². The van der Waals surface area contributed by atoms with Crippen molar-refractivity contribution in [3.63, 3.8) is 0 Å². The number of nitrogens with two attached hydrogens (primary N) is 1. The zero-order valence-electron chi connectivity index (χ0n) is 21.2. The van der Waals surface area contributed by atoms with Crippen LogP contribution in [0, 0.1) is 0 Å². The lowest BCUT2D eigenvalue weighted by molar-refractivity contribution is -0.149. The van der Waals surface area contributed by atoms with Gasteiger partial charge >= 0.3 is 19.4 Å². The molecule has 0 radical (unpaired) electrons. The summed E-state index contributed by atoms with van der Waals surface area (Å²) in [7, 11) is -4.28. The maximum Gasteiger partial charge on any atom is 0.459 e. The van der Waals surface area contributed by atoms with Crippen LogP contribution >= 0.6 is 7.75 Å². The molecule has 16 heteroatoms. The summed E-state index contributed by atoms with van der Waals surface area (Å²) in [5, 5.41) is 17.2. The van der Waals surface area contributed by atoms with Gasteiger partial charge in [0.05, 0.1) is 18.8 Å². The molecule has 3 rings (SSSR count). The summed E-state index contributed by atoms with van der Waals surface area (Å²) in [6.07, 6.45) is -3.19. The SMILES string of the molecule is CC(C)OC(=O)[C@H](C)NP(=O)(OC[C@H]1O[C@@H](n2ccc(N)nc2=O)[C@](C)(N=[N+]=[N-])[C@@H]1O)Oc1ccccc1. The Morgan fingerprint density at radius 1 is 1.37 bits per heavy atom. The summed E-state index contributed by atoms with van der Waals surface area (Å²) in [6.45, 7) is 5.59. The molecule has 6 atom stereocenters. The summed E-state index contributed by atoms with van der Waals surface area (Å²) in [5.74, 6) is -0.550. The number of nitrogen functional groups attached to an aromatic ring is 1. The first-order valence-corrected chi connectivity index (χ1v) is 13.1. The zero-order valence-corrected chi connectivity index (χ0v) is 22.1. The van der Waals surface area contributed by atoms with E-state index in [0.29, 0.717) is 0 Å². The Hall–Kier alpha value is -3.45. The zero-order chi connectivity index (χ0) is 28.1. The monoisotopic (exact) mass is 551 g/mol. The van der Waals surface area contributed by atoms with Crippen molar-refractivity contribution in [3.8, 4) is 5.75 Å². The summed E-state index contributed by atoms with van der Waals surface area (Å²) < 4.78 is 36.9. The second-order valence-corrected chi connectivity index (χ2v) is 10.7. The first-order chi connectivity index (χ1) is 17.9. The van der Waals surface area contributed by atoms with Crippen LogP contribution in [0.4, 0.5) is 5.82 Å². The number of ether oxygens (including phenoxy) is 2. The largest absolute Gasteiger partial charge is 0.462 e. The smallest absolute Gasteiger partial charge is 0.459 e. The van der Waals surface area contributed by atoms with Crippen LogP contribution in [-0.2, 0) is 23.4 Å². The van der Waals surface area contributed by atoms with Gasteiger partial charge in [-0.1, -0.05) is 23.3 Å². The quantitative estimate of drug-likeness (QED) is 0.121.